The van der Waals surface area contributed by atoms with Crippen LogP contribution in [-0.4, -0.2) is 52.7 Å². The van der Waals surface area contributed by atoms with Crippen LogP contribution in [-0.2, 0) is 20.8 Å². The highest BCUT2D eigenvalue weighted by atomic mass is 16.5. The Morgan fingerprint density at radius 2 is 1.55 bits per heavy atom. The fraction of sp³-hybridized carbons (Fsp3) is 0.600. The Hall–Kier alpha value is -1.63. The van der Waals surface area contributed by atoms with Crippen molar-refractivity contribution < 1.29 is 14.2 Å². The van der Waals surface area contributed by atoms with Crippen molar-refractivity contribution in [1.82, 2.24) is 5.32 Å². The molecule has 0 saturated heterocycles. The zero-order valence-electron chi connectivity index (χ0n) is 12.8. The van der Waals surface area contributed by atoms with Gasteiger partial charge in [0, 0.05) is 24.5 Å². The van der Waals surface area contributed by atoms with Crippen molar-refractivity contribution >= 4 is 0 Å². The smallest absolute Gasteiger partial charge is 0.0701 e. The number of rotatable bonds is 14. The first-order valence-electron chi connectivity index (χ1n) is 7.42. The Morgan fingerprint density at radius 1 is 0.909 bits per heavy atom. The molecule has 1 aromatic carbocycles. The fourth-order valence-electron chi connectivity index (χ4n) is 1.66. The monoisotopic (exact) mass is 308 g/mol. The summed E-state index contributed by atoms with van der Waals surface area (Å²) in [6.45, 7) is 5.27. The van der Waals surface area contributed by atoms with E-state index in [0.29, 0.717) is 46.2 Å². The van der Waals surface area contributed by atoms with E-state index < -0.39 is 0 Å². The number of benzene rings is 1. The van der Waals surface area contributed by atoms with Crippen LogP contribution in [0.4, 0.5) is 0 Å². The minimum atomic E-state index is 0.357. The van der Waals surface area contributed by atoms with Gasteiger partial charge in [0.25, 0.3) is 0 Å². The van der Waals surface area contributed by atoms with Crippen molar-refractivity contribution in [3.05, 3.63) is 46.3 Å². The quantitative estimate of drug-likeness (QED) is 0.247. The van der Waals surface area contributed by atoms with Gasteiger partial charge in [-0.15, -0.1) is 0 Å². The predicted molar refractivity (Wildman–Crippen MR) is 84.6 cm³/mol. The van der Waals surface area contributed by atoms with Crippen LogP contribution in [0, 0.1) is 0 Å². The van der Waals surface area contributed by atoms with Gasteiger partial charge in [0.2, 0.25) is 0 Å². The molecule has 7 nitrogen and oxygen atoms in total. The molecule has 22 heavy (non-hydrogen) atoms. The van der Waals surface area contributed by atoms with Crippen LogP contribution in [0.2, 0.25) is 0 Å². The van der Waals surface area contributed by atoms with E-state index in [-0.39, 0.29) is 0 Å². The number of ether oxygens (including phenoxy) is 3. The second-order valence-electron chi connectivity index (χ2n) is 4.45. The third kappa shape index (κ3) is 11.1. The van der Waals surface area contributed by atoms with Gasteiger partial charge in [0.15, 0.2) is 0 Å². The summed E-state index contributed by atoms with van der Waals surface area (Å²) in [7, 11) is 0. The number of nitrogens with one attached hydrogen (secondary N) is 1. The summed E-state index contributed by atoms with van der Waals surface area (Å²) in [5, 5.41) is 6.68. The van der Waals surface area contributed by atoms with E-state index in [2.05, 4.69) is 27.5 Å². The van der Waals surface area contributed by atoms with E-state index in [1.165, 1.54) is 5.56 Å². The third-order valence-electron chi connectivity index (χ3n) is 2.74. The molecule has 0 fully saturated rings. The summed E-state index contributed by atoms with van der Waals surface area (Å²) in [6, 6.07) is 10.3. The van der Waals surface area contributed by atoms with Gasteiger partial charge in [0.1, 0.15) is 0 Å². The van der Waals surface area contributed by atoms with Crippen LogP contribution in [0.3, 0.4) is 0 Å². The van der Waals surface area contributed by atoms with Crippen LogP contribution in [0.25, 0.3) is 10.4 Å². The Balaban J connectivity index is 1.76. The maximum Gasteiger partial charge on any atom is 0.0701 e. The first kappa shape index (κ1) is 18.4. The Bertz CT molecular complexity index is 411. The topological polar surface area (TPSA) is 88.5 Å². The molecule has 122 valence electrons. The van der Waals surface area contributed by atoms with Gasteiger partial charge in [-0.3, -0.25) is 0 Å². The molecule has 0 unspecified atom stereocenters. The molecule has 0 aliphatic carbocycles. The lowest BCUT2D eigenvalue weighted by Crippen LogP contribution is -2.20. The van der Waals surface area contributed by atoms with Gasteiger partial charge in [-0.2, -0.15) is 0 Å². The van der Waals surface area contributed by atoms with E-state index in [9.17, 15) is 0 Å². The van der Waals surface area contributed by atoms with Crippen LogP contribution in [0.15, 0.2) is 35.4 Å². The van der Waals surface area contributed by atoms with Crippen molar-refractivity contribution in [1.29, 1.82) is 0 Å². The third-order valence-corrected chi connectivity index (χ3v) is 2.74. The van der Waals surface area contributed by atoms with Crippen molar-refractivity contribution in [3.8, 4) is 0 Å². The molecule has 1 N–H and O–H groups in total. The van der Waals surface area contributed by atoms with Gasteiger partial charge < -0.3 is 19.5 Å². The van der Waals surface area contributed by atoms with Crippen LogP contribution in [0.5, 0.6) is 0 Å². The number of azide groups is 1. The van der Waals surface area contributed by atoms with E-state index in [1.807, 2.05) is 18.2 Å². The predicted octanol–water partition coefficient (Wildman–Crippen LogP) is 2.14. The summed E-state index contributed by atoms with van der Waals surface area (Å²) in [6.07, 6.45) is 0. The zero-order valence-corrected chi connectivity index (χ0v) is 12.8. The Kier molecular flexibility index (Phi) is 12.0. The molecule has 0 aromatic heterocycles. The van der Waals surface area contributed by atoms with E-state index in [0.717, 1.165) is 13.1 Å². The summed E-state index contributed by atoms with van der Waals surface area (Å²) in [5.41, 5.74) is 9.33. The molecule has 0 aliphatic heterocycles. The van der Waals surface area contributed by atoms with Crippen LogP contribution < -0.4 is 5.32 Å². The van der Waals surface area contributed by atoms with Crippen LogP contribution >= 0.6 is 0 Å². The normalized spacial score (nSPS) is 10.4. The van der Waals surface area contributed by atoms with Gasteiger partial charge in [0.05, 0.1) is 39.6 Å². The van der Waals surface area contributed by atoms with Crippen molar-refractivity contribution in [2.75, 3.05) is 52.7 Å². The fourth-order valence-corrected chi connectivity index (χ4v) is 1.66. The van der Waals surface area contributed by atoms with Gasteiger partial charge in [-0.25, -0.2) is 0 Å². The molecular formula is C15H24N4O3. The van der Waals surface area contributed by atoms with Crippen molar-refractivity contribution in [2.24, 2.45) is 5.11 Å². The highest BCUT2D eigenvalue weighted by Crippen LogP contribution is 1.96. The lowest BCUT2D eigenvalue weighted by molar-refractivity contribution is 0.0166. The zero-order chi connectivity index (χ0) is 15.7. The van der Waals surface area contributed by atoms with Gasteiger partial charge >= 0.3 is 0 Å². The first-order valence-corrected chi connectivity index (χ1v) is 7.42. The molecule has 0 atom stereocenters. The second kappa shape index (κ2) is 14.3. The molecule has 0 amide bonds. The van der Waals surface area contributed by atoms with E-state index in [1.54, 1.807) is 0 Å². The molecule has 7 heteroatoms. The first-order chi connectivity index (χ1) is 10.9. The Labute approximate surface area is 131 Å². The summed E-state index contributed by atoms with van der Waals surface area (Å²) < 4.78 is 16.0. The summed E-state index contributed by atoms with van der Waals surface area (Å²) >= 11 is 0. The maximum atomic E-state index is 8.06. The number of hydrogen-bond donors (Lipinski definition) is 1. The largest absolute Gasteiger partial charge is 0.379 e. The van der Waals surface area contributed by atoms with Crippen LogP contribution in [0.1, 0.15) is 5.56 Å². The molecule has 0 spiro atoms. The van der Waals surface area contributed by atoms with E-state index >= 15 is 0 Å². The van der Waals surface area contributed by atoms with Gasteiger partial charge in [-0.1, -0.05) is 35.4 Å². The molecule has 1 aromatic rings. The maximum absolute atomic E-state index is 8.06. The molecule has 0 aliphatic rings. The minimum Gasteiger partial charge on any atom is -0.379 e. The standard InChI is InChI=1S/C15H24N4O3/c16-19-18-7-9-21-11-13-22-12-10-20-8-6-17-14-15-4-2-1-3-5-15/h1-5,17H,6-14H2. The van der Waals surface area contributed by atoms with Crippen molar-refractivity contribution in [2.45, 2.75) is 6.54 Å². The lowest BCUT2D eigenvalue weighted by atomic mass is 10.2. The molecule has 0 bridgehead atoms. The molecule has 0 saturated carbocycles. The number of nitrogens with zero attached hydrogens (tertiary/aromatic N) is 3. The lowest BCUT2D eigenvalue weighted by Gasteiger charge is -2.07. The summed E-state index contributed by atoms with van der Waals surface area (Å²) in [5.74, 6) is 0. The second-order valence-corrected chi connectivity index (χ2v) is 4.45. The SMILES string of the molecule is [N-]=[N+]=NCCOCCOCCOCCNCc1ccccc1. The van der Waals surface area contributed by atoms with Crippen molar-refractivity contribution in [3.63, 3.8) is 0 Å². The van der Waals surface area contributed by atoms with E-state index in [4.69, 9.17) is 19.7 Å². The average molecular weight is 308 g/mol. The molecule has 1 rings (SSSR count). The number of hydrogen-bond acceptors (Lipinski definition) is 5. The molecular weight excluding hydrogens is 284 g/mol. The average Bonchev–Trinajstić information content (AvgIpc) is 2.56. The highest BCUT2D eigenvalue weighted by Gasteiger charge is 1.93. The molecule has 0 radical (unpaired) electrons. The summed E-state index contributed by atoms with van der Waals surface area (Å²) in [4.78, 5) is 2.63. The molecule has 0 heterocycles. The Morgan fingerprint density at radius 3 is 2.23 bits per heavy atom. The minimum absolute atomic E-state index is 0.357. The van der Waals surface area contributed by atoms with Gasteiger partial charge in [-0.05, 0) is 11.1 Å². The highest BCUT2D eigenvalue weighted by molar-refractivity contribution is 5.14.